The molecule has 0 aliphatic rings. The molecule has 0 unspecified atom stereocenters. The minimum absolute atomic E-state index is 1.07. The zero-order valence-electron chi connectivity index (χ0n) is 8.55. The highest BCUT2D eigenvalue weighted by atomic mass is 15.2. The van der Waals surface area contributed by atoms with Crippen LogP contribution in [0, 0.1) is 6.92 Å². The average Bonchev–Trinajstić information content (AvgIpc) is 2.43. The second-order valence-electron chi connectivity index (χ2n) is 1.63. The summed E-state index contributed by atoms with van der Waals surface area (Å²) in [5.74, 6) is 0. The van der Waals surface area contributed by atoms with Crippen LogP contribution in [-0.2, 0) is 7.05 Å². The molecule has 0 radical (unpaired) electrons. The van der Waals surface area contributed by atoms with Gasteiger partial charge in [-0.3, -0.25) is 4.68 Å². The second-order valence-corrected chi connectivity index (χ2v) is 1.63. The van der Waals surface area contributed by atoms with Gasteiger partial charge in [0.1, 0.15) is 0 Å². The third-order valence-electron chi connectivity index (χ3n) is 0.847. The maximum absolute atomic E-state index is 4.03. The van der Waals surface area contributed by atoms with E-state index in [4.69, 9.17) is 0 Å². The van der Waals surface area contributed by atoms with Gasteiger partial charge in [0.2, 0.25) is 0 Å². The molecule has 0 saturated carbocycles. The van der Waals surface area contributed by atoms with Gasteiger partial charge in [-0.15, -0.1) is 0 Å². The van der Waals surface area contributed by atoms with Crippen LogP contribution in [0.15, 0.2) is 12.3 Å². The van der Waals surface area contributed by atoms with Crippen molar-refractivity contribution in [2.45, 2.75) is 34.6 Å². The summed E-state index contributed by atoms with van der Waals surface area (Å²) in [5, 5.41) is 4.03. The lowest BCUT2D eigenvalue weighted by Crippen LogP contribution is -1.86. The Morgan fingerprint density at radius 2 is 1.64 bits per heavy atom. The van der Waals surface area contributed by atoms with Crippen molar-refractivity contribution >= 4 is 0 Å². The number of hydrogen-bond donors (Lipinski definition) is 0. The van der Waals surface area contributed by atoms with Crippen molar-refractivity contribution in [3.05, 3.63) is 18.0 Å². The van der Waals surface area contributed by atoms with Crippen molar-refractivity contribution in [2.24, 2.45) is 7.05 Å². The standard InChI is InChI=1S/C5H8N2.2C2H6/c1-5-3-4-7(2)6-5;2*1-2/h3-4H,1-2H3;2*1-2H3. The zero-order valence-corrected chi connectivity index (χ0v) is 8.55. The first-order valence-electron chi connectivity index (χ1n) is 4.25. The lowest BCUT2D eigenvalue weighted by atomic mass is 10.5. The lowest BCUT2D eigenvalue weighted by Gasteiger charge is -1.79. The van der Waals surface area contributed by atoms with Gasteiger partial charge in [0.05, 0.1) is 5.69 Å². The third-order valence-corrected chi connectivity index (χ3v) is 0.847. The van der Waals surface area contributed by atoms with E-state index in [0.29, 0.717) is 0 Å². The van der Waals surface area contributed by atoms with Crippen LogP contribution in [0.1, 0.15) is 33.4 Å². The number of nitrogens with zero attached hydrogens (tertiary/aromatic N) is 2. The fourth-order valence-corrected chi connectivity index (χ4v) is 0.531. The molecule has 0 aromatic carbocycles. The Morgan fingerprint density at radius 3 is 1.73 bits per heavy atom. The maximum atomic E-state index is 4.03. The molecule has 0 atom stereocenters. The summed E-state index contributed by atoms with van der Waals surface area (Å²) in [6.07, 6.45) is 1.93. The molecule has 0 N–H and O–H groups in total. The molecule has 0 aliphatic heterocycles. The highest BCUT2D eigenvalue weighted by Crippen LogP contribution is 1.86. The summed E-state index contributed by atoms with van der Waals surface area (Å²) in [6, 6.07) is 1.97. The number of aryl methyl sites for hydroxylation is 2. The van der Waals surface area contributed by atoms with Crippen LogP contribution in [0.5, 0.6) is 0 Å². The summed E-state index contributed by atoms with van der Waals surface area (Å²) in [7, 11) is 1.91. The molecule has 1 aromatic heterocycles. The van der Waals surface area contributed by atoms with Gasteiger partial charge < -0.3 is 0 Å². The van der Waals surface area contributed by atoms with E-state index in [1.165, 1.54) is 0 Å². The van der Waals surface area contributed by atoms with E-state index < -0.39 is 0 Å². The minimum atomic E-state index is 1.07. The van der Waals surface area contributed by atoms with Crippen molar-refractivity contribution in [2.75, 3.05) is 0 Å². The normalized spacial score (nSPS) is 7.09. The molecule has 2 nitrogen and oxygen atoms in total. The van der Waals surface area contributed by atoms with Crippen LogP contribution in [0.4, 0.5) is 0 Å². The summed E-state index contributed by atoms with van der Waals surface area (Å²) < 4.78 is 1.79. The van der Waals surface area contributed by atoms with Gasteiger partial charge >= 0.3 is 0 Å². The van der Waals surface area contributed by atoms with Crippen molar-refractivity contribution in [3.8, 4) is 0 Å². The summed E-state index contributed by atoms with van der Waals surface area (Å²) in [6.45, 7) is 9.97. The Labute approximate surface area is 70.2 Å². The van der Waals surface area contributed by atoms with E-state index in [9.17, 15) is 0 Å². The summed E-state index contributed by atoms with van der Waals surface area (Å²) in [4.78, 5) is 0. The molecule has 11 heavy (non-hydrogen) atoms. The van der Waals surface area contributed by atoms with E-state index in [1.807, 2.05) is 53.9 Å². The van der Waals surface area contributed by atoms with Crippen molar-refractivity contribution in [3.63, 3.8) is 0 Å². The van der Waals surface area contributed by atoms with Gasteiger partial charge in [0.15, 0.2) is 0 Å². The second kappa shape index (κ2) is 9.21. The lowest BCUT2D eigenvalue weighted by molar-refractivity contribution is 0.756. The first-order valence-corrected chi connectivity index (χ1v) is 4.25. The van der Waals surface area contributed by atoms with Gasteiger partial charge in [-0.2, -0.15) is 5.10 Å². The van der Waals surface area contributed by atoms with E-state index in [2.05, 4.69) is 5.10 Å². The van der Waals surface area contributed by atoms with E-state index >= 15 is 0 Å². The van der Waals surface area contributed by atoms with Crippen molar-refractivity contribution in [1.82, 2.24) is 9.78 Å². The van der Waals surface area contributed by atoms with E-state index in [1.54, 1.807) is 4.68 Å². The Balaban J connectivity index is 0. The van der Waals surface area contributed by atoms with Gasteiger partial charge in [0.25, 0.3) is 0 Å². The molecule has 1 aromatic rings. The monoisotopic (exact) mass is 156 g/mol. The van der Waals surface area contributed by atoms with E-state index in [-0.39, 0.29) is 0 Å². The summed E-state index contributed by atoms with van der Waals surface area (Å²) in [5.41, 5.74) is 1.07. The van der Waals surface area contributed by atoms with Gasteiger partial charge in [0, 0.05) is 13.2 Å². The molecule has 1 rings (SSSR count). The van der Waals surface area contributed by atoms with Gasteiger partial charge in [-0.1, -0.05) is 27.7 Å². The van der Waals surface area contributed by atoms with Crippen LogP contribution in [-0.4, -0.2) is 9.78 Å². The summed E-state index contributed by atoms with van der Waals surface area (Å²) >= 11 is 0. The smallest absolute Gasteiger partial charge is 0.0593 e. The highest BCUT2D eigenvalue weighted by Gasteiger charge is 1.81. The number of rotatable bonds is 0. The third kappa shape index (κ3) is 7.10. The SMILES string of the molecule is CC.CC.Cc1ccn(C)n1. The average molecular weight is 156 g/mol. The Morgan fingerprint density at radius 1 is 1.18 bits per heavy atom. The van der Waals surface area contributed by atoms with Crippen LogP contribution < -0.4 is 0 Å². The van der Waals surface area contributed by atoms with Crippen LogP contribution in [0.2, 0.25) is 0 Å². The number of hydrogen-bond acceptors (Lipinski definition) is 1. The molecular weight excluding hydrogens is 136 g/mol. The largest absolute Gasteiger partial charge is 0.276 e. The van der Waals surface area contributed by atoms with Gasteiger partial charge in [-0.25, -0.2) is 0 Å². The predicted molar refractivity (Wildman–Crippen MR) is 50.6 cm³/mol. The molecule has 0 amide bonds. The molecule has 66 valence electrons. The van der Waals surface area contributed by atoms with Crippen LogP contribution in [0.3, 0.4) is 0 Å². The zero-order chi connectivity index (χ0) is 9.28. The molecule has 0 fully saturated rings. The van der Waals surface area contributed by atoms with Crippen LogP contribution >= 0.6 is 0 Å². The predicted octanol–water partition coefficient (Wildman–Crippen LogP) is 2.78. The van der Waals surface area contributed by atoms with Gasteiger partial charge in [-0.05, 0) is 13.0 Å². The maximum Gasteiger partial charge on any atom is 0.0593 e. The highest BCUT2D eigenvalue weighted by molar-refractivity contribution is 4.93. The molecule has 0 bridgehead atoms. The van der Waals surface area contributed by atoms with Crippen molar-refractivity contribution < 1.29 is 0 Å². The Hall–Kier alpha value is -0.790. The Bertz CT molecular complexity index is 140. The molecule has 2 heteroatoms. The molecular formula is C9H20N2. The topological polar surface area (TPSA) is 17.8 Å². The van der Waals surface area contributed by atoms with Crippen molar-refractivity contribution in [1.29, 1.82) is 0 Å². The fraction of sp³-hybridized carbons (Fsp3) is 0.667. The minimum Gasteiger partial charge on any atom is -0.276 e. The quantitative estimate of drug-likeness (QED) is 0.564. The first-order chi connectivity index (χ1) is 5.29. The fourth-order valence-electron chi connectivity index (χ4n) is 0.531. The van der Waals surface area contributed by atoms with Crippen LogP contribution in [0.25, 0.3) is 0 Å². The molecule has 1 heterocycles. The Kier molecular flexibility index (Phi) is 10.8. The first kappa shape index (κ1) is 12.8. The molecule has 0 aliphatic carbocycles. The van der Waals surface area contributed by atoms with E-state index in [0.717, 1.165) is 5.69 Å². The molecule has 0 spiro atoms. The number of aromatic nitrogens is 2. The molecule has 0 saturated heterocycles.